The average molecular weight is 480 g/mol. The lowest BCUT2D eigenvalue weighted by atomic mass is 9.92. The van der Waals surface area contributed by atoms with Crippen LogP contribution < -0.4 is 21.1 Å². The lowest BCUT2D eigenvalue weighted by Crippen LogP contribution is -2.58. The van der Waals surface area contributed by atoms with Gasteiger partial charge in [-0.3, -0.25) is 20.5 Å². The molecule has 34 heavy (non-hydrogen) atoms. The molecule has 0 radical (unpaired) electrons. The van der Waals surface area contributed by atoms with Gasteiger partial charge in [-0.15, -0.1) is 0 Å². The van der Waals surface area contributed by atoms with Crippen molar-refractivity contribution in [2.45, 2.75) is 45.1 Å². The first kappa shape index (κ1) is 24.4. The molecule has 0 aromatic carbocycles. The number of aromatic nitrogens is 2. The molecule has 0 spiro atoms. The highest BCUT2D eigenvalue weighted by Gasteiger charge is 2.32. The number of nitrogens with one attached hydrogen (secondary N) is 3. The van der Waals surface area contributed by atoms with E-state index in [1.807, 2.05) is 4.90 Å². The third-order valence-corrected chi connectivity index (χ3v) is 6.95. The molecule has 1 aliphatic carbocycles. The van der Waals surface area contributed by atoms with Crippen LogP contribution in [0.5, 0.6) is 0 Å². The minimum Gasteiger partial charge on any atom is -0.465 e. The zero-order valence-electron chi connectivity index (χ0n) is 19.6. The number of aryl methyl sites for hydroxylation is 1. The van der Waals surface area contributed by atoms with Gasteiger partial charge in [-0.05, 0) is 19.3 Å². The van der Waals surface area contributed by atoms with Gasteiger partial charge < -0.3 is 20.1 Å². The number of hydrogen-bond acceptors (Lipinski definition) is 8. The van der Waals surface area contributed by atoms with Gasteiger partial charge >= 0.3 is 6.09 Å². The van der Waals surface area contributed by atoms with Crippen molar-refractivity contribution in [2.24, 2.45) is 11.8 Å². The summed E-state index contributed by atoms with van der Waals surface area (Å²) in [6.07, 6.45) is 3.72. The third kappa shape index (κ3) is 6.03. The summed E-state index contributed by atoms with van der Waals surface area (Å²) in [5.74, 6) is -0.730. The summed E-state index contributed by atoms with van der Waals surface area (Å²) in [6, 6.07) is 0.186. The molecule has 2 amide bonds. The van der Waals surface area contributed by atoms with Crippen molar-refractivity contribution in [2.75, 3.05) is 56.3 Å². The number of fused-ring (bicyclic) bond motifs is 1. The summed E-state index contributed by atoms with van der Waals surface area (Å²) in [6.45, 7) is 5.92. The highest BCUT2D eigenvalue weighted by atomic mass is 19.1. The molecule has 2 saturated heterocycles. The van der Waals surface area contributed by atoms with Gasteiger partial charge in [0.15, 0.2) is 11.6 Å². The molecule has 12 heteroatoms. The van der Waals surface area contributed by atoms with Gasteiger partial charge in [-0.25, -0.2) is 14.8 Å². The Labute approximate surface area is 198 Å². The van der Waals surface area contributed by atoms with E-state index in [0.717, 1.165) is 45.4 Å². The number of amides is 2. The molecule has 2 aliphatic heterocycles. The number of halogens is 1. The van der Waals surface area contributed by atoms with Crippen molar-refractivity contribution in [3.8, 4) is 0 Å². The number of morpholine rings is 1. The Balaban J connectivity index is 1.41. The van der Waals surface area contributed by atoms with Crippen LogP contribution in [0.15, 0.2) is 0 Å². The largest absolute Gasteiger partial charge is 0.465 e. The van der Waals surface area contributed by atoms with Crippen LogP contribution in [0.4, 0.5) is 20.8 Å². The van der Waals surface area contributed by atoms with Gasteiger partial charge in [-0.2, -0.15) is 4.39 Å². The number of rotatable bonds is 8. The van der Waals surface area contributed by atoms with Crippen LogP contribution in [0.1, 0.15) is 37.9 Å². The monoisotopic (exact) mass is 479 g/mol. The van der Waals surface area contributed by atoms with E-state index in [-0.39, 0.29) is 24.2 Å². The molecule has 4 rings (SSSR count). The van der Waals surface area contributed by atoms with E-state index in [1.165, 1.54) is 0 Å². The van der Waals surface area contributed by atoms with Crippen molar-refractivity contribution < 1.29 is 23.8 Å². The molecule has 1 aromatic heterocycles. The topological polar surface area (TPSA) is 132 Å². The maximum atomic E-state index is 15.4. The van der Waals surface area contributed by atoms with E-state index in [2.05, 4.69) is 31.0 Å². The number of ether oxygens (including phenoxy) is 1. The van der Waals surface area contributed by atoms with E-state index < -0.39 is 23.7 Å². The van der Waals surface area contributed by atoms with Crippen molar-refractivity contribution in [3.63, 3.8) is 0 Å². The molecule has 3 aliphatic rings. The first-order valence-corrected chi connectivity index (χ1v) is 12.0. The molecule has 0 bridgehead atoms. The van der Waals surface area contributed by atoms with Crippen molar-refractivity contribution in [1.82, 2.24) is 25.6 Å². The molecule has 1 aromatic rings. The third-order valence-electron chi connectivity index (χ3n) is 6.95. The van der Waals surface area contributed by atoms with Crippen molar-refractivity contribution in [3.05, 3.63) is 11.6 Å². The Morgan fingerprint density at radius 1 is 1.24 bits per heavy atom. The van der Waals surface area contributed by atoms with Crippen LogP contribution in [0.25, 0.3) is 0 Å². The second kappa shape index (κ2) is 11.1. The van der Waals surface area contributed by atoms with E-state index in [0.29, 0.717) is 37.9 Å². The van der Waals surface area contributed by atoms with Gasteiger partial charge in [0.25, 0.3) is 0 Å². The van der Waals surface area contributed by atoms with Crippen LogP contribution in [0, 0.1) is 24.6 Å². The standard InChI is InChI=1S/C22H34FN7O4/c1-14-25-19(18(23)20(26-14)30-7-6-29-8-9-34-13-17(29)12-30)27-28-21(31)16(11-24-22(32)33)10-15-4-2-3-5-15/h15-17,24H,2-13H2,1H3,(H,28,31)(H,32,33)(H,25,26,27)/t16-,17+/m0/s1. The molecular formula is C22H34FN7O4. The maximum absolute atomic E-state index is 15.4. The summed E-state index contributed by atoms with van der Waals surface area (Å²) in [7, 11) is 0. The molecular weight excluding hydrogens is 445 g/mol. The van der Waals surface area contributed by atoms with Crippen LogP contribution in [0.2, 0.25) is 0 Å². The summed E-state index contributed by atoms with van der Waals surface area (Å²) >= 11 is 0. The van der Waals surface area contributed by atoms with Gasteiger partial charge in [0, 0.05) is 32.7 Å². The van der Waals surface area contributed by atoms with E-state index in [9.17, 15) is 9.59 Å². The Morgan fingerprint density at radius 3 is 2.79 bits per heavy atom. The molecule has 0 unspecified atom stereocenters. The number of nitrogens with zero attached hydrogens (tertiary/aromatic N) is 4. The van der Waals surface area contributed by atoms with Gasteiger partial charge in [0.1, 0.15) is 5.82 Å². The molecule has 11 nitrogen and oxygen atoms in total. The number of hydrogen-bond donors (Lipinski definition) is 4. The molecule has 188 valence electrons. The fourth-order valence-electron chi connectivity index (χ4n) is 5.14. The fourth-order valence-corrected chi connectivity index (χ4v) is 5.14. The Bertz CT molecular complexity index is 883. The van der Waals surface area contributed by atoms with E-state index >= 15 is 4.39 Å². The average Bonchev–Trinajstić information content (AvgIpc) is 3.34. The minimum atomic E-state index is -1.18. The number of carboxylic acid groups (broad SMARTS) is 1. The van der Waals surface area contributed by atoms with Crippen molar-refractivity contribution in [1.29, 1.82) is 0 Å². The van der Waals surface area contributed by atoms with Crippen LogP contribution >= 0.6 is 0 Å². The maximum Gasteiger partial charge on any atom is 0.404 e. The van der Waals surface area contributed by atoms with Crippen molar-refractivity contribution >= 4 is 23.6 Å². The van der Waals surface area contributed by atoms with Gasteiger partial charge in [0.05, 0.1) is 25.2 Å². The molecule has 4 N–H and O–H groups in total. The second-order valence-corrected chi connectivity index (χ2v) is 9.35. The zero-order chi connectivity index (χ0) is 24.1. The number of piperazine rings is 1. The lowest BCUT2D eigenvalue weighted by molar-refractivity contribution is -0.124. The molecule has 3 heterocycles. The number of carbonyl (C=O) groups is 2. The van der Waals surface area contributed by atoms with Crippen LogP contribution in [-0.4, -0.2) is 84.0 Å². The lowest BCUT2D eigenvalue weighted by Gasteiger charge is -2.44. The first-order chi connectivity index (χ1) is 16.4. The number of anilines is 2. The second-order valence-electron chi connectivity index (χ2n) is 9.35. The quantitative estimate of drug-likeness (QED) is 0.408. The highest BCUT2D eigenvalue weighted by Crippen LogP contribution is 2.30. The van der Waals surface area contributed by atoms with E-state index in [4.69, 9.17) is 9.84 Å². The first-order valence-electron chi connectivity index (χ1n) is 12.0. The minimum absolute atomic E-state index is 0.00359. The van der Waals surface area contributed by atoms with E-state index in [1.54, 1.807) is 6.92 Å². The summed E-state index contributed by atoms with van der Waals surface area (Å²) in [5, 5.41) is 11.3. The Kier molecular flexibility index (Phi) is 7.99. The highest BCUT2D eigenvalue weighted by molar-refractivity contribution is 5.80. The van der Waals surface area contributed by atoms with Crippen LogP contribution in [0.3, 0.4) is 0 Å². The molecule has 3 fully saturated rings. The zero-order valence-corrected chi connectivity index (χ0v) is 19.6. The van der Waals surface area contributed by atoms with Gasteiger partial charge in [-0.1, -0.05) is 25.7 Å². The number of hydrazine groups is 1. The molecule has 1 saturated carbocycles. The Morgan fingerprint density at radius 2 is 2.03 bits per heavy atom. The van der Waals surface area contributed by atoms with Gasteiger partial charge in [0.2, 0.25) is 11.7 Å². The predicted molar refractivity (Wildman–Crippen MR) is 123 cm³/mol. The smallest absolute Gasteiger partial charge is 0.404 e. The Hall–Kier alpha value is -2.73. The normalized spacial score (nSPS) is 22.2. The predicted octanol–water partition coefficient (Wildman–Crippen LogP) is 1.35. The SMILES string of the molecule is Cc1nc(NNC(=O)[C@H](CNC(=O)O)CC2CCCC2)c(F)c(N2CCN3CCOC[C@H]3C2)n1. The van der Waals surface area contributed by atoms with Crippen LogP contribution in [-0.2, 0) is 9.53 Å². The summed E-state index contributed by atoms with van der Waals surface area (Å²) < 4.78 is 21.0. The fraction of sp³-hybridized carbons (Fsp3) is 0.727. The summed E-state index contributed by atoms with van der Waals surface area (Å²) in [4.78, 5) is 36.5. The number of carbonyl (C=O) groups excluding carboxylic acids is 1. The molecule has 2 atom stereocenters. The summed E-state index contributed by atoms with van der Waals surface area (Å²) in [5.41, 5.74) is 5.16.